The van der Waals surface area contributed by atoms with Gasteiger partial charge in [0, 0.05) is 24.8 Å². The van der Waals surface area contributed by atoms with Crippen molar-refractivity contribution in [2.24, 2.45) is 0 Å². The van der Waals surface area contributed by atoms with Crippen molar-refractivity contribution < 1.29 is 9.47 Å². The summed E-state index contributed by atoms with van der Waals surface area (Å²) in [4.78, 5) is 17.9. The van der Waals surface area contributed by atoms with Crippen LogP contribution in [0.4, 0.5) is 5.82 Å². The minimum Gasteiger partial charge on any atom is -0.496 e. The molecular formula is C23H21BrN6O2. The van der Waals surface area contributed by atoms with Crippen molar-refractivity contribution in [3.63, 3.8) is 0 Å². The minimum absolute atomic E-state index is 0.0397. The lowest BCUT2D eigenvalue weighted by Gasteiger charge is -2.23. The molecule has 1 aliphatic heterocycles. The van der Waals surface area contributed by atoms with Crippen LogP contribution in [0.15, 0.2) is 53.4 Å². The number of methoxy groups -OCH3 is 1. The number of nitrogen functional groups attached to an aromatic ring is 1. The van der Waals surface area contributed by atoms with Crippen LogP contribution in [0.1, 0.15) is 11.8 Å². The fourth-order valence-corrected chi connectivity index (χ4v) is 4.34. The highest BCUT2D eigenvalue weighted by Crippen LogP contribution is 2.37. The van der Waals surface area contributed by atoms with Crippen molar-refractivity contribution in [3.8, 4) is 28.1 Å². The van der Waals surface area contributed by atoms with Crippen molar-refractivity contribution >= 4 is 32.8 Å². The molecule has 0 aliphatic carbocycles. The first-order valence-electron chi connectivity index (χ1n) is 10.2. The number of morpholine rings is 1. The Morgan fingerprint density at radius 1 is 1.12 bits per heavy atom. The topological polar surface area (TPSA) is 108 Å². The van der Waals surface area contributed by atoms with Crippen molar-refractivity contribution in [2.45, 2.75) is 6.10 Å². The number of pyridine rings is 2. The molecular weight excluding hydrogens is 472 g/mol. The van der Waals surface area contributed by atoms with Crippen LogP contribution in [-0.2, 0) is 4.74 Å². The van der Waals surface area contributed by atoms with E-state index in [1.54, 1.807) is 7.11 Å². The summed E-state index contributed by atoms with van der Waals surface area (Å²) in [6.45, 7) is 2.31. The summed E-state index contributed by atoms with van der Waals surface area (Å²) < 4.78 is 12.0. The molecule has 162 valence electrons. The van der Waals surface area contributed by atoms with Gasteiger partial charge < -0.3 is 20.5 Å². The monoisotopic (exact) mass is 492 g/mol. The Morgan fingerprint density at radius 3 is 2.72 bits per heavy atom. The van der Waals surface area contributed by atoms with Crippen LogP contribution in [-0.4, -0.2) is 46.7 Å². The molecule has 0 bridgehead atoms. The first kappa shape index (κ1) is 20.7. The number of nitrogens with two attached hydrogens (primary N) is 1. The molecule has 3 aromatic heterocycles. The van der Waals surface area contributed by atoms with Crippen molar-refractivity contribution in [2.75, 3.05) is 32.5 Å². The number of aromatic nitrogens is 4. The number of rotatable bonds is 4. The number of hydrogen-bond acceptors (Lipinski definition) is 8. The van der Waals surface area contributed by atoms with Gasteiger partial charge in [0.15, 0.2) is 5.65 Å². The molecule has 1 saturated heterocycles. The highest BCUT2D eigenvalue weighted by molar-refractivity contribution is 9.10. The van der Waals surface area contributed by atoms with Gasteiger partial charge in [-0.2, -0.15) is 0 Å². The number of benzene rings is 1. The predicted molar refractivity (Wildman–Crippen MR) is 126 cm³/mol. The number of nitrogens with zero attached hydrogens (tertiary/aromatic N) is 4. The van der Waals surface area contributed by atoms with Gasteiger partial charge in [-0.1, -0.05) is 6.07 Å². The van der Waals surface area contributed by atoms with E-state index >= 15 is 0 Å². The molecule has 9 heteroatoms. The van der Waals surface area contributed by atoms with Crippen LogP contribution in [0.3, 0.4) is 0 Å². The van der Waals surface area contributed by atoms with Gasteiger partial charge in [-0.15, -0.1) is 0 Å². The normalized spacial score (nSPS) is 16.2. The van der Waals surface area contributed by atoms with Gasteiger partial charge >= 0.3 is 0 Å². The molecule has 1 fully saturated rings. The molecule has 0 amide bonds. The highest BCUT2D eigenvalue weighted by Gasteiger charge is 2.18. The summed E-state index contributed by atoms with van der Waals surface area (Å²) in [5, 5.41) is 4.04. The molecule has 4 heterocycles. The second-order valence-corrected chi connectivity index (χ2v) is 8.25. The summed E-state index contributed by atoms with van der Waals surface area (Å²) in [6.07, 6.45) is 3.21. The summed E-state index contributed by atoms with van der Waals surface area (Å²) in [5.74, 6) is 1.13. The summed E-state index contributed by atoms with van der Waals surface area (Å²) >= 11 is 3.57. The Labute approximate surface area is 193 Å². The quantitative estimate of drug-likeness (QED) is 0.443. The Bertz CT molecular complexity index is 1280. The molecule has 32 heavy (non-hydrogen) atoms. The van der Waals surface area contributed by atoms with Gasteiger partial charge in [0.1, 0.15) is 24.0 Å². The molecule has 3 N–H and O–H groups in total. The minimum atomic E-state index is -0.0397. The van der Waals surface area contributed by atoms with E-state index in [0.717, 1.165) is 51.4 Å². The molecule has 0 radical (unpaired) electrons. The van der Waals surface area contributed by atoms with E-state index in [-0.39, 0.29) is 6.10 Å². The van der Waals surface area contributed by atoms with E-state index in [4.69, 9.17) is 20.2 Å². The molecule has 0 spiro atoms. The molecule has 1 atom stereocenters. The lowest BCUT2D eigenvalue weighted by atomic mass is 10.00. The fourth-order valence-electron chi connectivity index (χ4n) is 3.80. The maximum Gasteiger partial charge on any atom is 0.165 e. The van der Waals surface area contributed by atoms with Gasteiger partial charge in [0.05, 0.1) is 35.0 Å². The maximum atomic E-state index is 6.22. The Balaban J connectivity index is 1.61. The van der Waals surface area contributed by atoms with Crippen LogP contribution in [0, 0.1) is 0 Å². The van der Waals surface area contributed by atoms with Crippen LogP contribution in [0.25, 0.3) is 33.4 Å². The Kier molecular flexibility index (Phi) is 5.69. The Hall–Kier alpha value is -3.14. The standard InChI is InChI=1S/C23H21BrN6O2/c1-31-19-5-3-13(8-16(19)24)15-9-18(30-23-21(15)22(25)28-12-29-23)14-2-4-17(27-10-14)20-11-26-6-7-32-20/h2-5,8-10,12,20,26H,6-7,11H2,1H3,(H2,25,28,29,30). The third-order valence-corrected chi connectivity index (χ3v) is 6.06. The molecule has 0 saturated carbocycles. The molecule has 1 unspecified atom stereocenters. The van der Waals surface area contributed by atoms with E-state index < -0.39 is 0 Å². The molecule has 1 aliphatic rings. The number of hydrogen-bond donors (Lipinski definition) is 2. The van der Waals surface area contributed by atoms with Crippen molar-refractivity contribution in [3.05, 3.63) is 59.1 Å². The van der Waals surface area contributed by atoms with E-state index in [9.17, 15) is 0 Å². The average Bonchev–Trinajstić information content (AvgIpc) is 2.84. The molecule has 5 rings (SSSR count). The average molecular weight is 493 g/mol. The maximum absolute atomic E-state index is 6.22. The van der Waals surface area contributed by atoms with Gasteiger partial charge in [-0.25, -0.2) is 15.0 Å². The van der Waals surface area contributed by atoms with Crippen LogP contribution < -0.4 is 15.8 Å². The van der Waals surface area contributed by atoms with E-state index in [1.165, 1.54) is 6.33 Å². The summed E-state index contributed by atoms with van der Waals surface area (Å²) in [6, 6.07) is 11.8. The molecule has 8 nitrogen and oxygen atoms in total. The zero-order valence-electron chi connectivity index (χ0n) is 17.4. The number of nitrogens with one attached hydrogen (secondary N) is 1. The van der Waals surface area contributed by atoms with Crippen molar-refractivity contribution in [1.29, 1.82) is 0 Å². The lowest BCUT2D eigenvalue weighted by Crippen LogP contribution is -2.33. The van der Waals surface area contributed by atoms with Crippen LogP contribution >= 0.6 is 15.9 Å². The number of anilines is 1. The summed E-state index contributed by atoms with van der Waals surface area (Å²) in [7, 11) is 1.64. The largest absolute Gasteiger partial charge is 0.496 e. The lowest BCUT2D eigenvalue weighted by molar-refractivity contribution is 0.0250. The van der Waals surface area contributed by atoms with Gasteiger partial charge in [-0.05, 0) is 57.4 Å². The smallest absolute Gasteiger partial charge is 0.165 e. The predicted octanol–water partition coefficient (Wildman–Crippen LogP) is 3.77. The Morgan fingerprint density at radius 2 is 2.00 bits per heavy atom. The zero-order chi connectivity index (χ0) is 22.1. The van der Waals surface area contributed by atoms with Crippen LogP contribution in [0.2, 0.25) is 0 Å². The SMILES string of the molecule is COc1ccc(-c2cc(-c3ccc(C4CNCCO4)nc3)nc3ncnc(N)c23)cc1Br. The van der Waals surface area contributed by atoms with Gasteiger partial charge in [-0.3, -0.25) is 4.98 Å². The second kappa shape index (κ2) is 8.78. The number of fused-ring (bicyclic) bond motifs is 1. The number of ether oxygens (including phenoxy) is 2. The fraction of sp³-hybridized carbons (Fsp3) is 0.217. The first-order chi connectivity index (χ1) is 15.6. The third kappa shape index (κ3) is 3.90. The third-order valence-electron chi connectivity index (χ3n) is 5.44. The van der Waals surface area contributed by atoms with E-state index in [0.29, 0.717) is 23.5 Å². The molecule has 4 aromatic rings. The highest BCUT2D eigenvalue weighted by atomic mass is 79.9. The second-order valence-electron chi connectivity index (χ2n) is 7.40. The number of halogens is 1. The van der Waals surface area contributed by atoms with E-state index in [2.05, 4.69) is 36.2 Å². The van der Waals surface area contributed by atoms with E-state index in [1.807, 2.05) is 42.6 Å². The van der Waals surface area contributed by atoms with Gasteiger partial charge in [0.2, 0.25) is 0 Å². The zero-order valence-corrected chi connectivity index (χ0v) is 19.0. The molecule has 1 aromatic carbocycles. The van der Waals surface area contributed by atoms with Crippen molar-refractivity contribution in [1.82, 2.24) is 25.3 Å². The first-order valence-corrected chi connectivity index (χ1v) is 11.0. The van der Waals surface area contributed by atoms with Gasteiger partial charge in [0.25, 0.3) is 0 Å². The summed E-state index contributed by atoms with van der Waals surface area (Å²) in [5.41, 5.74) is 11.1. The van der Waals surface area contributed by atoms with Crippen LogP contribution in [0.5, 0.6) is 5.75 Å².